The van der Waals surface area contributed by atoms with Crippen LogP contribution < -0.4 is 4.90 Å². The number of hydrogen-bond acceptors (Lipinski definition) is 2. The average Bonchev–Trinajstić information content (AvgIpc) is 4.25. The fraction of sp³-hybridized carbons (Fsp3) is 0.0141. The van der Waals surface area contributed by atoms with Crippen LogP contribution in [0, 0.1) is 0 Å². The third kappa shape index (κ3) is 5.78. The highest BCUT2D eigenvalue weighted by atomic mass is 16.3. The van der Waals surface area contributed by atoms with Crippen molar-refractivity contribution in [3.8, 4) is 50.2 Å². The molecule has 74 heavy (non-hydrogen) atoms. The second-order valence-corrected chi connectivity index (χ2v) is 19.9. The van der Waals surface area contributed by atoms with E-state index in [-0.39, 0.29) is 0 Å². The van der Waals surface area contributed by atoms with E-state index in [4.69, 9.17) is 4.42 Å². The van der Waals surface area contributed by atoms with Crippen molar-refractivity contribution in [3.05, 3.63) is 289 Å². The zero-order valence-electron chi connectivity index (χ0n) is 40.2. The standard InChI is InChI=1S/C71H44N2O/c1-2-17-54-47(14-1)32-40-62-61-39-33-49(43-69(61)74-70(54)62)46-30-36-51(37-31-46)72(50-34-28-45(29-35-50)48-15-13-16-52(42-48)73-67-26-11-6-21-59(67)60-22-7-12-27-68(60)73)53-38-41-58-57-20-5-10-25-65(57)71(66(58)44-53)63-23-8-3-18-55(63)56-19-4-9-24-64(56)71/h1-44H. The van der Waals surface area contributed by atoms with Crippen molar-refractivity contribution in [1.82, 2.24) is 4.57 Å². The van der Waals surface area contributed by atoms with Crippen LogP contribution >= 0.6 is 0 Å². The van der Waals surface area contributed by atoms with Crippen molar-refractivity contribution < 1.29 is 4.42 Å². The van der Waals surface area contributed by atoms with Gasteiger partial charge in [-0.05, 0) is 151 Å². The van der Waals surface area contributed by atoms with Crippen molar-refractivity contribution in [2.75, 3.05) is 4.90 Å². The van der Waals surface area contributed by atoms with Crippen LogP contribution in [-0.2, 0) is 5.41 Å². The van der Waals surface area contributed by atoms with Gasteiger partial charge >= 0.3 is 0 Å². The fourth-order valence-corrected chi connectivity index (χ4v) is 13.0. The Balaban J connectivity index is 0.838. The van der Waals surface area contributed by atoms with E-state index >= 15 is 0 Å². The van der Waals surface area contributed by atoms with E-state index in [0.29, 0.717) is 0 Å². The Labute approximate surface area is 428 Å². The molecule has 0 fully saturated rings. The molecule has 0 amide bonds. The van der Waals surface area contributed by atoms with E-state index < -0.39 is 5.41 Å². The Morgan fingerprint density at radius 3 is 1.45 bits per heavy atom. The van der Waals surface area contributed by atoms with E-state index in [0.717, 1.165) is 72.3 Å². The van der Waals surface area contributed by atoms with Crippen LogP contribution in [0.3, 0.4) is 0 Å². The molecule has 3 heteroatoms. The van der Waals surface area contributed by atoms with Crippen LogP contribution in [0.4, 0.5) is 17.1 Å². The lowest BCUT2D eigenvalue weighted by Crippen LogP contribution is -2.26. The quantitative estimate of drug-likeness (QED) is 0.166. The summed E-state index contributed by atoms with van der Waals surface area (Å²) in [6.45, 7) is 0. The normalized spacial score (nSPS) is 13.0. The third-order valence-electron chi connectivity index (χ3n) is 16.2. The Morgan fingerprint density at radius 2 is 0.811 bits per heavy atom. The summed E-state index contributed by atoms with van der Waals surface area (Å²) in [5.74, 6) is 0. The first kappa shape index (κ1) is 41.0. The first-order valence-corrected chi connectivity index (χ1v) is 25.6. The van der Waals surface area contributed by atoms with Crippen LogP contribution in [0.15, 0.2) is 271 Å². The maximum absolute atomic E-state index is 6.64. The zero-order chi connectivity index (χ0) is 48.5. The van der Waals surface area contributed by atoms with Gasteiger partial charge in [-0.2, -0.15) is 0 Å². The number of nitrogens with zero attached hydrogens (tertiary/aromatic N) is 2. The number of furan rings is 1. The number of anilines is 3. The molecule has 2 aliphatic carbocycles. The van der Waals surface area contributed by atoms with Crippen molar-refractivity contribution in [3.63, 3.8) is 0 Å². The smallest absolute Gasteiger partial charge is 0.143 e. The van der Waals surface area contributed by atoms with Gasteiger partial charge in [-0.3, -0.25) is 0 Å². The van der Waals surface area contributed by atoms with Gasteiger partial charge in [-0.1, -0.05) is 188 Å². The van der Waals surface area contributed by atoms with E-state index in [9.17, 15) is 0 Å². The molecule has 16 rings (SSSR count). The van der Waals surface area contributed by atoms with Gasteiger partial charge in [-0.25, -0.2) is 0 Å². The van der Waals surface area contributed by atoms with Gasteiger partial charge in [0.1, 0.15) is 11.2 Å². The summed E-state index contributed by atoms with van der Waals surface area (Å²) in [6, 6.07) is 98.3. The van der Waals surface area contributed by atoms with Crippen molar-refractivity contribution in [2.24, 2.45) is 0 Å². The van der Waals surface area contributed by atoms with Gasteiger partial charge in [0.25, 0.3) is 0 Å². The first-order valence-electron chi connectivity index (χ1n) is 25.6. The van der Waals surface area contributed by atoms with Crippen LogP contribution in [0.1, 0.15) is 22.3 Å². The van der Waals surface area contributed by atoms with E-state index in [2.05, 4.69) is 276 Å². The highest BCUT2D eigenvalue weighted by Gasteiger charge is 2.51. The molecule has 12 aromatic carbocycles. The summed E-state index contributed by atoms with van der Waals surface area (Å²) in [5, 5.41) is 7.10. The maximum Gasteiger partial charge on any atom is 0.143 e. The summed E-state index contributed by atoms with van der Waals surface area (Å²) in [5.41, 5.74) is 23.2. The minimum Gasteiger partial charge on any atom is -0.455 e. The first-order chi connectivity index (χ1) is 36.7. The molecule has 3 nitrogen and oxygen atoms in total. The summed E-state index contributed by atoms with van der Waals surface area (Å²) in [6.07, 6.45) is 0. The lowest BCUT2D eigenvalue weighted by Gasteiger charge is -2.32. The van der Waals surface area contributed by atoms with Crippen molar-refractivity contribution in [2.45, 2.75) is 5.41 Å². The molecule has 14 aromatic rings. The molecule has 1 spiro atoms. The summed E-state index contributed by atoms with van der Waals surface area (Å²) < 4.78 is 9.03. The second-order valence-electron chi connectivity index (χ2n) is 19.9. The molecule has 0 N–H and O–H groups in total. The lowest BCUT2D eigenvalue weighted by atomic mass is 9.70. The molecule has 0 bridgehead atoms. The Hall–Kier alpha value is -9.70. The largest absolute Gasteiger partial charge is 0.455 e. The number of benzene rings is 12. The van der Waals surface area contributed by atoms with Gasteiger partial charge in [0.15, 0.2) is 0 Å². The number of aromatic nitrogens is 1. The number of para-hydroxylation sites is 2. The van der Waals surface area contributed by atoms with Crippen LogP contribution in [0.5, 0.6) is 0 Å². The predicted molar refractivity (Wildman–Crippen MR) is 307 cm³/mol. The molecule has 2 heterocycles. The Bertz CT molecular complexity index is 4490. The predicted octanol–water partition coefficient (Wildman–Crippen LogP) is 19.0. The van der Waals surface area contributed by atoms with Crippen LogP contribution in [0.2, 0.25) is 0 Å². The van der Waals surface area contributed by atoms with Crippen LogP contribution in [0.25, 0.3) is 105 Å². The summed E-state index contributed by atoms with van der Waals surface area (Å²) in [4.78, 5) is 2.43. The monoisotopic (exact) mass is 940 g/mol. The van der Waals surface area contributed by atoms with E-state index in [1.165, 1.54) is 71.7 Å². The van der Waals surface area contributed by atoms with Gasteiger partial charge in [0, 0.05) is 49.7 Å². The molecule has 0 atom stereocenters. The highest BCUT2D eigenvalue weighted by molar-refractivity contribution is 6.15. The molecule has 0 radical (unpaired) electrons. The minimum absolute atomic E-state index is 0.461. The molecule has 2 aromatic heterocycles. The molecule has 0 saturated heterocycles. The average molecular weight is 941 g/mol. The van der Waals surface area contributed by atoms with Gasteiger partial charge in [0.05, 0.1) is 16.4 Å². The Morgan fingerprint density at radius 1 is 0.311 bits per heavy atom. The molecule has 0 saturated carbocycles. The Kier molecular flexibility index (Phi) is 8.66. The van der Waals surface area contributed by atoms with E-state index in [1.54, 1.807) is 0 Å². The van der Waals surface area contributed by atoms with Gasteiger partial charge < -0.3 is 13.9 Å². The highest BCUT2D eigenvalue weighted by Crippen LogP contribution is 2.63. The lowest BCUT2D eigenvalue weighted by molar-refractivity contribution is 0.673. The van der Waals surface area contributed by atoms with Crippen molar-refractivity contribution >= 4 is 71.6 Å². The van der Waals surface area contributed by atoms with Crippen LogP contribution in [-0.4, -0.2) is 4.57 Å². The summed E-state index contributed by atoms with van der Waals surface area (Å²) in [7, 11) is 0. The minimum atomic E-state index is -0.461. The molecular weight excluding hydrogens is 897 g/mol. The second kappa shape index (κ2) is 15.6. The molecule has 0 aliphatic heterocycles. The number of rotatable bonds is 6. The molecule has 344 valence electrons. The van der Waals surface area contributed by atoms with Gasteiger partial charge in [-0.15, -0.1) is 0 Å². The molecule has 0 unspecified atom stereocenters. The maximum atomic E-state index is 6.64. The summed E-state index contributed by atoms with van der Waals surface area (Å²) >= 11 is 0. The van der Waals surface area contributed by atoms with E-state index in [1.807, 2.05) is 0 Å². The molecular formula is C71H44N2O. The van der Waals surface area contributed by atoms with Gasteiger partial charge in [0.2, 0.25) is 0 Å². The SMILES string of the molecule is c1cc(-c2ccc(N(c3ccc(-c4ccc5c(c4)oc4c6ccccc6ccc54)cc3)c3ccc4c(c3)C3(c5ccccc5-c5ccccc53)c3ccccc3-4)cc2)cc(-n2c3ccccc3c3ccccc32)c1. The molecule has 2 aliphatic rings. The third-order valence-corrected chi connectivity index (χ3v) is 16.2. The zero-order valence-corrected chi connectivity index (χ0v) is 40.2. The topological polar surface area (TPSA) is 21.3 Å². The number of fused-ring (bicyclic) bond motifs is 18. The number of hydrogen-bond donors (Lipinski definition) is 0. The fourth-order valence-electron chi connectivity index (χ4n) is 13.0. The van der Waals surface area contributed by atoms with Crippen molar-refractivity contribution in [1.29, 1.82) is 0 Å².